The fourth-order valence-electron chi connectivity index (χ4n) is 1.71. The summed E-state index contributed by atoms with van der Waals surface area (Å²) >= 11 is 1.58. The Bertz CT molecular complexity index is 392. The quantitative estimate of drug-likeness (QED) is 0.781. The number of nitrogens with two attached hydrogens (primary N) is 1. The Morgan fingerprint density at radius 2 is 1.95 bits per heavy atom. The van der Waals surface area contributed by atoms with Crippen LogP contribution in [0.1, 0.15) is 20.8 Å². The molecule has 0 saturated heterocycles. The van der Waals surface area contributed by atoms with Gasteiger partial charge >= 0.3 is 0 Å². The van der Waals surface area contributed by atoms with Crippen molar-refractivity contribution in [2.24, 2.45) is 11.1 Å². The zero-order valence-electron chi connectivity index (χ0n) is 12.1. The van der Waals surface area contributed by atoms with E-state index in [-0.39, 0.29) is 11.3 Å². The van der Waals surface area contributed by atoms with Crippen LogP contribution in [0.5, 0.6) is 0 Å². The summed E-state index contributed by atoms with van der Waals surface area (Å²) in [6.45, 7) is 8.23. The highest BCUT2D eigenvalue weighted by atomic mass is 32.2. The first kappa shape index (κ1) is 16.1. The van der Waals surface area contributed by atoms with Crippen molar-refractivity contribution in [2.75, 3.05) is 25.4 Å². The summed E-state index contributed by atoms with van der Waals surface area (Å²) in [5, 5.41) is 0. The van der Waals surface area contributed by atoms with E-state index < -0.39 is 0 Å². The van der Waals surface area contributed by atoms with Gasteiger partial charge in [-0.2, -0.15) is 0 Å². The first-order valence-corrected chi connectivity index (χ1v) is 7.63. The number of carbonyl (C=O) groups is 1. The predicted octanol–water partition coefficient (Wildman–Crippen LogP) is 2.61. The van der Waals surface area contributed by atoms with Crippen LogP contribution in [-0.2, 0) is 4.79 Å². The minimum absolute atomic E-state index is 0.0247. The van der Waals surface area contributed by atoms with Crippen LogP contribution in [0.4, 0.5) is 0 Å². The molecule has 2 N–H and O–H groups in total. The molecule has 3 nitrogen and oxygen atoms in total. The molecule has 0 spiro atoms. The predicted molar refractivity (Wildman–Crippen MR) is 82.3 cm³/mol. The molecule has 1 aromatic carbocycles. The minimum atomic E-state index is -0.0247. The number of benzene rings is 1. The molecule has 0 aliphatic rings. The lowest BCUT2D eigenvalue weighted by molar-refractivity contribution is -0.129. The molecule has 0 atom stereocenters. The molecule has 0 unspecified atom stereocenters. The van der Waals surface area contributed by atoms with Crippen molar-refractivity contribution in [3.8, 4) is 0 Å². The summed E-state index contributed by atoms with van der Waals surface area (Å²) in [5.41, 5.74) is 5.71. The molecule has 0 aromatic heterocycles. The van der Waals surface area contributed by atoms with E-state index >= 15 is 0 Å². The molecular formula is C15H24N2OS. The molecule has 0 aliphatic heterocycles. The molecule has 0 fully saturated rings. The van der Waals surface area contributed by atoms with Crippen LogP contribution in [-0.4, -0.2) is 36.2 Å². The third-order valence-electron chi connectivity index (χ3n) is 3.01. The molecule has 0 bridgehead atoms. The maximum atomic E-state index is 12.2. The van der Waals surface area contributed by atoms with E-state index in [2.05, 4.69) is 13.8 Å². The summed E-state index contributed by atoms with van der Waals surface area (Å²) in [4.78, 5) is 15.2. The number of thioether (sulfide) groups is 1. The van der Waals surface area contributed by atoms with E-state index in [4.69, 9.17) is 5.73 Å². The zero-order valence-corrected chi connectivity index (χ0v) is 12.9. The van der Waals surface area contributed by atoms with Gasteiger partial charge in [0.25, 0.3) is 0 Å². The molecular weight excluding hydrogens is 256 g/mol. The normalized spacial score (nSPS) is 11.4. The number of hydrogen-bond donors (Lipinski definition) is 1. The van der Waals surface area contributed by atoms with Gasteiger partial charge in [-0.05, 0) is 31.0 Å². The molecule has 19 heavy (non-hydrogen) atoms. The SMILES string of the molecule is CCN(CC(C)(C)CN)C(=O)CSc1ccccc1. The summed E-state index contributed by atoms with van der Waals surface area (Å²) in [7, 11) is 0. The van der Waals surface area contributed by atoms with Gasteiger partial charge in [0.15, 0.2) is 0 Å². The van der Waals surface area contributed by atoms with Gasteiger partial charge in [0.05, 0.1) is 5.75 Å². The van der Waals surface area contributed by atoms with E-state index in [1.165, 1.54) is 0 Å². The number of rotatable bonds is 7. The Morgan fingerprint density at radius 1 is 1.32 bits per heavy atom. The number of amides is 1. The van der Waals surface area contributed by atoms with Gasteiger partial charge in [-0.15, -0.1) is 11.8 Å². The second-order valence-electron chi connectivity index (χ2n) is 5.38. The summed E-state index contributed by atoms with van der Waals surface area (Å²) in [6.07, 6.45) is 0. The van der Waals surface area contributed by atoms with Gasteiger partial charge in [-0.1, -0.05) is 32.0 Å². The largest absolute Gasteiger partial charge is 0.342 e. The van der Waals surface area contributed by atoms with Crippen molar-refractivity contribution in [3.63, 3.8) is 0 Å². The van der Waals surface area contributed by atoms with E-state index in [1.807, 2.05) is 42.2 Å². The van der Waals surface area contributed by atoms with Gasteiger partial charge in [0.1, 0.15) is 0 Å². The lowest BCUT2D eigenvalue weighted by atomic mass is 9.93. The lowest BCUT2D eigenvalue weighted by Crippen LogP contribution is -2.42. The van der Waals surface area contributed by atoms with Gasteiger partial charge in [0, 0.05) is 18.0 Å². The van der Waals surface area contributed by atoms with Crippen LogP contribution in [0.15, 0.2) is 35.2 Å². The Kier molecular flexibility index (Phi) is 6.38. The van der Waals surface area contributed by atoms with Crippen LogP contribution in [0, 0.1) is 5.41 Å². The van der Waals surface area contributed by atoms with Crippen LogP contribution in [0.2, 0.25) is 0 Å². The maximum Gasteiger partial charge on any atom is 0.232 e. The highest BCUT2D eigenvalue weighted by Crippen LogP contribution is 2.19. The molecule has 0 saturated carbocycles. The third-order valence-corrected chi connectivity index (χ3v) is 4.01. The molecule has 1 rings (SSSR count). The number of carbonyl (C=O) groups excluding carboxylic acids is 1. The first-order valence-electron chi connectivity index (χ1n) is 6.64. The summed E-state index contributed by atoms with van der Waals surface area (Å²) < 4.78 is 0. The number of nitrogens with zero attached hydrogens (tertiary/aromatic N) is 1. The monoisotopic (exact) mass is 280 g/mol. The Hall–Kier alpha value is -1.00. The van der Waals surface area contributed by atoms with Crippen molar-refractivity contribution in [2.45, 2.75) is 25.7 Å². The topological polar surface area (TPSA) is 46.3 Å². The van der Waals surface area contributed by atoms with Crippen LogP contribution in [0.3, 0.4) is 0 Å². The van der Waals surface area contributed by atoms with Crippen molar-refractivity contribution < 1.29 is 4.79 Å². The van der Waals surface area contributed by atoms with Crippen LogP contribution < -0.4 is 5.73 Å². The smallest absolute Gasteiger partial charge is 0.232 e. The van der Waals surface area contributed by atoms with Crippen LogP contribution in [0.25, 0.3) is 0 Å². The Labute approximate surface area is 120 Å². The fraction of sp³-hybridized carbons (Fsp3) is 0.533. The van der Waals surface area contributed by atoms with E-state index in [0.29, 0.717) is 18.8 Å². The summed E-state index contributed by atoms with van der Waals surface area (Å²) in [6, 6.07) is 10.0. The Balaban J connectivity index is 2.50. The average molecular weight is 280 g/mol. The lowest BCUT2D eigenvalue weighted by Gasteiger charge is -2.31. The molecule has 0 aliphatic carbocycles. The number of hydrogen-bond acceptors (Lipinski definition) is 3. The minimum Gasteiger partial charge on any atom is -0.342 e. The first-order chi connectivity index (χ1) is 8.98. The standard InChI is InChI=1S/C15H24N2OS/c1-4-17(12-15(2,3)11-16)14(18)10-19-13-8-6-5-7-9-13/h5-9H,4,10-12,16H2,1-3H3. The van der Waals surface area contributed by atoms with Crippen molar-refractivity contribution in [1.29, 1.82) is 0 Å². The second-order valence-corrected chi connectivity index (χ2v) is 6.43. The van der Waals surface area contributed by atoms with Gasteiger partial charge in [-0.3, -0.25) is 4.79 Å². The van der Waals surface area contributed by atoms with Gasteiger partial charge in [0.2, 0.25) is 5.91 Å². The Morgan fingerprint density at radius 3 is 2.47 bits per heavy atom. The molecule has 106 valence electrons. The maximum absolute atomic E-state index is 12.2. The van der Waals surface area contributed by atoms with Crippen molar-refractivity contribution in [1.82, 2.24) is 4.90 Å². The highest BCUT2D eigenvalue weighted by molar-refractivity contribution is 8.00. The average Bonchev–Trinajstić information content (AvgIpc) is 2.43. The van der Waals surface area contributed by atoms with Gasteiger partial charge < -0.3 is 10.6 Å². The molecule has 1 aromatic rings. The highest BCUT2D eigenvalue weighted by Gasteiger charge is 2.22. The van der Waals surface area contributed by atoms with E-state index in [9.17, 15) is 4.79 Å². The zero-order chi connectivity index (χ0) is 14.3. The van der Waals surface area contributed by atoms with Crippen molar-refractivity contribution >= 4 is 17.7 Å². The van der Waals surface area contributed by atoms with Crippen LogP contribution >= 0.6 is 11.8 Å². The van der Waals surface area contributed by atoms with Gasteiger partial charge in [-0.25, -0.2) is 0 Å². The third kappa shape index (κ3) is 5.66. The summed E-state index contributed by atoms with van der Waals surface area (Å²) in [5.74, 6) is 0.663. The molecule has 1 amide bonds. The van der Waals surface area contributed by atoms with E-state index in [0.717, 1.165) is 11.4 Å². The second kappa shape index (κ2) is 7.56. The van der Waals surface area contributed by atoms with E-state index in [1.54, 1.807) is 11.8 Å². The molecule has 0 radical (unpaired) electrons. The molecule has 0 heterocycles. The fourth-order valence-corrected chi connectivity index (χ4v) is 2.53. The molecule has 4 heteroatoms. The van der Waals surface area contributed by atoms with Crippen molar-refractivity contribution in [3.05, 3.63) is 30.3 Å².